The van der Waals surface area contributed by atoms with Crippen LogP contribution in [0.15, 0.2) is 71.5 Å². The van der Waals surface area contributed by atoms with Gasteiger partial charge in [0, 0.05) is 22.1 Å². The van der Waals surface area contributed by atoms with Gasteiger partial charge in [0.05, 0.1) is 25.1 Å². The highest BCUT2D eigenvalue weighted by atomic mass is 79.9. The molecule has 0 bridgehead atoms. The molecule has 34 heavy (non-hydrogen) atoms. The minimum absolute atomic E-state index is 0.243. The zero-order valence-electron chi connectivity index (χ0n) is 20.1. The van der Waals surface area contributed by atoms with Gasteiger partial charge >= 0.3 is 0 Å². The molecule has 5 nitrogen and oxygen atoms in total. The van der Waals surface area contributed by atoms with Crippen molar-refractivity contribution in [3.8, 4) is 11.5 Å². The van der Waals surface area contributed by atoms with Crippen molar-refractivity contribution in [3.05, 3.63) is 88.2 Å². The van der Waals surface area contributed by atoms with Crippen molar-refractivity contribution >= 4 is 15.9 Å². The summed E-state index contributed by atoms with van der Waals surface area (Å²) in [4.78, 5) is 6.06. The maximum atomic E-state index is 12.3. The van der Waals surface area contributed by atoms with Gasteiger partial charge in [-0.2, -0.15) is 0 Å². The predicted octanol–water partition coefficient (Wildman–Crippen LogP) is 5.69. The van der Waals surface area contributed by atoms with Crippen LogP contribution in [-0.2, 0) is 11.2 Å². The van der Waals surface area contributed by atoms with Crippen LogP contribution in [0, 0.1) is 0 Å². The number of pyridine rings is 1. The molecule has 1 aliphatic rings. The first-order valence-corrected chi connectivity index (χ1v) is 12.1. The van der Waals surface area contributed by atoms with Crippen molar-refractivity contribution in [2.24, 2.45) is 0 Å². The van der Waals surface area contributed by atoms with E-state index in [2.05, 4.69) is 27.8 Å². The third-order valence-corrected chi connectivity index (χ3v) is 6.46. The van der Waals surface area contributed by atoms with E-state index in [0.29, 0.717) is 30.0 Å². The Morgan fingerprint density at radius 3 is 2.24 bits per heavy atom. The zero-order chi connectivity index (χ0) is 24.8. The van der Waals surface area contributed by atoms with Crippen molar-refractivity contribution in [2.75, 3.05) is 34.4 Å². The maximum absolute atomic E-state index is 12.3. The van der Waals surface area contributed by atoms with E-state index in [-0.39, 0.29) is 6.67 Å². The molecule has 0 spiro atoms. The van der Waals surface area contributed by atoms with E-state index in [9.17, 15) is 9.50 Å². The fourth-order valence-electron chi connectivity index (χ4n) is 4.44. The largest absolute Gasteiger partial charge is 0.495 e. The van der Waals surface area contributed by atoms with Crippen LogP contribution in [0.2, 0.25) is 0 Å². The van der Waals surface area contributed by atoms with Crippen LogP contribution in [0.1, 0.15) is 36.5 Å². The smallest absolute Gasteiger partial charge is 0.192 e. The molecule has 1 aromatic heterocycles. The lowest BCUT2D eigenvalue weighted by molar-refractivity contribution is -0.103. The number of rotatable bonds is 7. The average Bonchev–Trinajstić information content (AvgIpc) is 3.10. The van der Waals surface area contributed by atoms with Crippen LogP contribution in [-0.4, -0.2) is 49.4 Å². The van der Waals surface area contributed by atoms with Gasteiger partial charge in [0.2, 0.25) is 0 Å². The minimum atomic E-state index is -1.32. The predicted molar refractivity (Wildman–Crippen MR) is 136 cm³/mol. The average molecular weight is 531 g/mol. The van der Waals surface area contributed by atoms with Gasteiger partial charge in [-0.25, -0.2) is 4.39 Å². The minimum Gasteiger partial charge on any atom is -0.495 e. The van der Waals surface area contributed by atoms with Crippen LogP contribution in [0.25, 0.3) is 0 Å². The number of aliphatic hydroxyl groups is 1. The number of alkyl halides is 1. The second kappa shape index (κ2) is 11.3. The van der Waals surface area contributed by atoms with E-state index in [4.69, 9.17) is 9.47 Å². The summed E-state index contributed by atoms with van der Waals surface area (Å²) in [6.07, 6.45) is 4.56. The van der Waals surface area contributed by atoms with E-state index in [1.807, 2.05) is 68.7 Å². The summed E-state index contributed by atoms with van der Waals surface area (Å²) in [7, 11) is 5.28. The topological polar surface area (TPSA) is 54.8 Å². The summed E-state index contributed by atoms with van der Waals surface area (Å²) < 4.78 is 24.4. The lowest BCUT2D eigenvalue weighted by Crippen LogP contribution is -2.50. The molecule has 2 unspecified atom stereocenters. The molecule has 0 saturated carbocycles. The van der Waals surface area contributed by atoms with Crippen LogP contribution in [0.3, 0.4) is 0 Å². The quantitative estimate of drug-likeness (QED) is 0.425. The van der Waals surface area contributed by atoms with Crippen molar-refractivity contribution in [1.82, 2.24) is 9.88 Å². The van der Waals surface area contributed by atoms with Gasteiger partial charge in [-0.15, -0.1) is 0 Å². The Kier molecular flexibility index (Phi) is 8.68. The maximum Gasteiger partial charge on any atom is 0.192 e. The van der Waals surface area contributed by atoms with Gasteiger partial charge in [0.25, 0.3) is 0 Å². The molecular formula is C27H32BrFN2O3. The summed E-state index contributed by atoms with van der Waals surface area (Å²) in [6, 6.07) is 17.8. The fourth-order valence-corrected chi connectivity index (χ4v) is 4.70. The third kappa shape index (κ3) is 4.83. The molecule has 3 aromatic rings. The molecule has 0 amide bonds. The van der Waals surface area contributed by atoms with Crippen LogP contribution < -0.4 is 9.47 Å². The standard InChI is InChI=1S/C23H22BrNO3.C4H10FN/c1-3-13-22(26)21-19(27-2)14-25-15-20(21)28-23(22,16-7-5-4-6-8-16)17-9-11-18(24)12-10-17;1-6(2)4-3-5/h4-12,14-15,26H,3,13H2,1-2H3;3-4H2,1-2H3. The number of fused-ring (bicyclic) bond motifs is 1. The first kappa shape index (κ1) is 26.1. The van der Waals surface area contributed by atoms with E-state index in [1.54, 1.807) is 24.4 Å². The Bertz CT molecular complexity index is 1070. The fraction of sp³-hybridized carbons (Fsp3) is 0.370. The molecule has 0 aliphatic carbocycles. The van der Waals surface area contributed by atoms with Crippen molar-refractivity contribution in [2.45, 2.75) is 31.0 Å². The monoisotopic (exact) mass is 530 g/mol. The van der Waals surface area contributed by atoms with Gasteiger partial charge < -0.3 is 19.5 Å². The first-order chi connectivity index (χ1) is 16.3. The van der Waals surface area contributed by atoms with E-state index < -0.39 is 11.2 Å². The van der Waals surface area contributed by atoms with E-state index in [0.717, 1.165) is 22.0 Å². The number of hydrogen-bond acceptors (Lipinski definition) is 5. The number of aromatic nitrogens is 1. The summed E-state index contributed by atoms with van der Waals surface area (Å²) in [5, 5.41) is 12.3. The molecule has 0 saturated heterocycles. The number of halogens is 2. The first-order valence-electron chi connectivity index (χ1n) is 11.3. The molecule has 1 N–H and O–H groups in total. The molecule has 1 aliphatic heterocycles. The van der Waals surface area contributed by atoms with Crippen LogP contribution >= 0.6 is 15.9 Å². The Morgan fingerprint density at radius 1 is 1.06 bits per heavy atom. The number of nitrogens with zero attached hydrogens (tertiary/aromatic N) is 2. The Labute approximate surface area is 209 Å². The Hall–Kier alpha value is -2.48. The van der Waals surface area contributed by atoms with Gasteiger partial charge in [-0.05, 0) is 32.6 Å². The highest BCUT2D eigenvalue weighted by Gasteiger charge is 2.62. The summed E-state index contributed by atoms with van der Waals surface area (Å²) in [6.45, 7) is 2.36. The lowest BCUT2D eigenvalue weighted by Gasteiger charge is -2.42. The van der Waals surface area contributed by atoms with Crippen LogP contribution in [0.4, 0.5) is 4.39 Å². The SMILES string of the molecule is CCCC1(O)c2c(OC)cncc2OC1(c1ccccc1)c1ccc(Br)cc1.CN(C)CCF. The highest BCUT2D eigenvalue weighted by molar-refractivity contribution is 9.10. The molecule has 0 radical (unpaired) electrons. The lowest BCUT2D eigenvalue weighted by atomic mass is 9.69. The van der Waals surface area contributed by atoms with Crippen LogP contribution in [0.5, 0.6) is 11.5 Å². The van der Waals surface area contributed by atoms with E-state index in [1.165, 1.54) is 0 Å². The molecule has 2 aromatic carbocycles. The summed E-state index contributed by atoms with van der Waals surface area (Å²) >= 11 is 3.50. The molecule has 4 rings (SSSR count). The van der Waals surface area contributed by atoms with Gasteiger partial charge in [-0.3, -0.25) is 4.98 Å². The number of hydrogen-bond donors (Lipinski definition) is 1. The molecule has 7 heteroatoms. The van der Waals surface area contributed by atoms with Gasteiger partial charge in [-0.1, -0.05) is 71.7 Å². The molecule has 182 valence electrons. The molecule has 0 fully saturated rings. The zero-order valence-corrected chi connectivity index (χ0v) is 21.7. The second-order valence-electron chi connectivity index (χ2n) is 8.47. The number of ether oxygens (including phenoxy) is 2. The molecule has 2 heterocycles. The number of benzene rings is 2. The normalized spacial score (nSPS) is 20.8. The summed E-state index contributed by atoms with van der Waals surface area (Å²) in [5.41, 5.74) is -0.0225. The van der Waals surface area contributed by atoms with Gasteiger partial charge in [0.15, 0.2) is 5.60 Å². The van der Waals surface area contributed by atoms with Crippen molar-refractivity contribution in [3.63, 3.8) is 0 Å². The number of methoxy groups -OCH3 is 1. The Morgan fingerprint density at radius 2 is 1.71 bits per heavy atom. The van der Waals surface area contributed by atoms with Crippen molar-refractivity contribution < 1.29 is 19.0 Å². The Balaban J connectivity index is 0.000000481. The third-order valence-electron chi connectivity index (χ3n) is 5.93. The second-order valence-corrected chi connectivity index (χ2v) is 9.39. The summed E-state index contributed by atoms with van der Waals surface area (Å²) in [5.74, 6) is 1.07. The van der Waals surface area contributed by atoms with Gasteiger partial charge in [0.1, 0.15) is 23.8 Å². The van der Waals surface area contributed by atoms with E-state index >= 15 is 0 Å². The molecular weight excluding hydrogens is 499 g/mol. The highest BCUT2D eigenvalue weighted by Crippen LogP contribution is 2.60. The molecule has 2 atom stereocenters. The van der Waals surface area contributed by atoms with Crippen molar-refractivity contribution in [1.29, 1.82) is 0 Å².